The average Bonchev–Trinajstić information content (AvgIpc) is 3.43. The van der Waals surface area contributed by atoms with Gasteiger partial charge in [0.25, 0.3) is 5.91 Å². The molecule has 1 N–H and O–H groups in total. The van der Waals surface area contributed by atoms with Crippen LogP contribution >= 0.6 is 11.3 Å². The Kier molecular flexibility index (Phi) is 6.29. The van der Waals surface area contributed by atoms with Crippen molar-refractivity contribution in [3.63, 3.8) is 0 Å². The first-order valence-corrected chi connectivity index (χ1v) is 10.7. The van der Waals surface area contributed by atoms with E-state index < -0.39 is 0 Å². The van der Waals surface area contributed by atoms with E-state index in [1.165, 1.54) is 11.3 Å². The monoisotopic (exact) mass is 421 g/mol. The number of aromatic nitrogens is 2. The number of fused-ring (bicyclic) bond motifs is 1. The van der Waals surface area contributed by atoms with E-state index in [0.29, 0.717) is 26.1 Å². The predicted molar refractivity (Wildman–Crippen MR) is 119 cm³/mol. The number of benzene rings is 2. The normalized spacial score (nSPS) is 10.8. The smallest absolute Gasteiger partial charge is 0.261 e. The van der Waals surface area contributed by atoms with Crippen LogP contribution in [0.25, 0.3) is 11.0 Å². The molecule has 0 saturated heterocycles. The Bertz CT molecular complexity index is 1120. The summed E-state index contributed by atoms with van der Waals surface area (Å²) in [6.45, 7) is 1.69. The van der Waals surface area contributed by atoms with Crippen molar-refractivity contribution in [2.24, 2.45) is 0 Å². The Balaban J connectivity index is 1.42. The summed E-state index contributed by atoms with van der Waals surface area (Å²) >= 11 is 1.44. The molecule has 7 heteroatoms. The van der Waals surface area contributed by atoms with Gasteiger partial charge in [-0.25, -0.2) is 4.98 Å². The van der Waals surface area contributed by atoms with Gasteiger partial charge >= 0.3 is 0 Å². The molecule has 0 aliphatic heterocycles. The largest absolute Gasteiger partial charge is 0.497 e. The Morgan fingerprint density at radius 1 is 1.10 bits per heavy atom. The molecule has 0 radical (unpaired) electrons. The first-order chi connectivity index (χ1) is 14.7. The fourth-order valence-corrected chi connectivity index (χ4v) is 3.93. The second-order valence-corrected chi connectivity index (χ2v) is 7.63. The summed E-state index contributed by atoms with van der Waals surface area (Å²) in [5.74, 6) is 2.41. The average molecular weight is 422 g/mol. The highest BCUT2D eigenvalue weighted by atomic mass is 32.1. The summed E-state index contributed by atoms with van der Waals surface area (Å²) in [6, 6.07) is 19.3. The van der Waals surface area contributed by atoms with E-state index in [1.54, 1.807) is 7.11 Å². The van der Waals surface area contributed by atoms with Crippen molar-refractivity contribution < 1.29 is 14.3 Å². The zero-order valence-corrected chi connectivity index (χ0v) is 17.5. The van der Waals surface area contributed by atoms with E-state index in [2.05, 4.69) is 16.0 Å². The van der Waals surface area contributed by atoms with Crippen LogP contribution in [0.1, 0.15) is 15.5 Å². The maximum absolute atomic E-state index is 12.2. The number of rotatable bonds is 9. The van der Waals surface area contributed by atoms with Gasteiger partial charge in [0.05, 0.1) is 29.6 Å². The lowest BCUT2D eigenvalue weighted by atomic mass is 10.3. The molecule has 0 aliphatic rings. The Hall–Kier alpha value is -3.32. The molecular formula is C23H23N3O3S. The number of amides is 1. The van der Waals surface area contributed by atoms with Gasteiger partial charge in [0.2, 0.25) is 0 Å². The van der Waals surface area contributed by atoms with E-state index in [1.807, 2.05) is 60.0 Å². The van der Waals surface area contributed by atoms with E-state index in [-0.39, 0.29) is 5.91 Å². The molecule has 2 aromatic carbocycles. The number of nitrogens with one attached hydrogen (secondary N) is 1. The van der Waals surface area contributed by atoms with Crippen LogP contribution in [0.4, 0.5) is 0 Å². The van der Waals surface area contributed by atoms with Gasteiger partial charge in [0.1, 0.15) is 23.9 Å². The van der Waals surface area contributed by atoms with E-state index in [0.717, 1.165) is 33.2 Å². The van der Waals surface area contributed by atoms with Crippen molar-refractivity contribution in [2.75, 3.05) is 20.3 Å². The lowest BCUT2D eigenvalue weighted by molar-refractivity contribution is 0.0958. The van der Waals surface area contributed by atoms with Gasteiger partial charge < -0.3 is 19.4 Å². The maximum atomic E-state index is 12.2. The number of methoxy groups -OCH3 is 1. The topological polar surface area (TPSA) is 65.4 Å². The molecule has 4 aromatic rings. The number of carbonyl (C=O) groups is 1. The zero-order chi connectivity index (χ0) is 20.8. The fraction of sp³-hybridized carbons (Fsp3) is 0.217. The predicted octanol–water partition coefficient (Wildman–Crippen LogP) is 4.16. The summed E-state index contributed by atoms with van der Waals surface area (Å²) < 4.78 is 13.3. The van der Waals surface area contributed by atoms with Gasteiger partial charge in [-0.3, -0.25) is 4.79 Å². The van der Waals surface area contributed by atoms with Crippen LogP contribution in [0.5, 0.6) is 11.5 Å². The molecule has 0 atom stereocenters. The number of hydrogen-bond acceptors (Lipinski definition) is 5. The Labute approximate surface area is 179 Å². The molecule has 0 bridgehead atoms. The molecule has 154 valence electrons. The van der Waals surface area contributed by atoms with Gasteiger partial charge in [-0.2, -0.15) is 0 Å². The number of imidazole rings is 1. The van der Waals surface area contributed by atoms with Crippen LogP contribution in [0.3, 0.4) is 0 Å². The highest BCUT2D eigenvalue weighted by Crippen LogP contribution is 2.20. The molecule has 0 fully saturated rings. The highest BCUT2D eigenvalue weighted by Gasteiger charge is 2.12. The third-order valence-corrected chi connectivity index (χ3v) is 5.61. The molecule has 0 saturated carbocycles. The quantitative estimate of drug-likeness (QED) is 0.441. The minimum Gasteiger partial charge on any atom is -0.497 e. The molecule has 2 heterocycles. The standard InChI is InChI=1S/C23H23N3O3S/c1-28-17-6-4-7-18(16-17)29-14-13-26-20-9-3-2-8-19(20)25-22(26)11-12-24-23(27)21-10-5-15-30-21/h2-10,15-16H,11-14H2,1H3,(H,24,27). The van der Waals surface area contributed by atoms with Crippen LogP contribution in [0.2, 0.25) is 0 Å². The maximum Gasteiger partial charge on any atom is 0.261 e. The highest BCUT2D eigenvalue weighted by molar-refractivity contribution is 7.12. The number of nitrogens with zero attached hydrogens (tertiary/aromatic N) is 2. The first kappa shape index (κ1) is 20.0. The molecule has 6 nitrogen and oxygen atoms in total. The van der Waals surface area contributed by atoms with Gasteiger partial charge in [0, 0.05) is 19.0 Å². The van der Waals surface area contributed by atoms with Crippen LogP contribution in [0.15, 0.2) is 66.0 Å². The summed E-state index contributed by atoms with van der Waals surface area (Å²) in [6.07, 6.45) is 0.644. The molecule has 2 aromatic heterocycles. The van der Waals surface area contributed by atoms with Crippen molar-refractivity contribution in [1.82, 2.24) is 14.9 Å². The SMILES string of the molecule is COc1cccc(OCCn2c(CCNC(=O)c3cccs3)nc3ccccc32)c1. The van der Waals surface area contributed by atoms with Gasteiger partial charge in [-0.1, -0.05) is 24.3 Å². The Morgan fingerprint density at radius 2 is 1.97 bits per heavy atom. The third kappa shape index (κ3) is 4.63. The number of thiophene rings is 1. The lowest BCUT2D eigenvalue weighted by Gasteiger charge is -2.12. The molecular weight excluding hydrogens is 398 g/mol. The Morgan fingerprint density at radius 3 is 2.80 bits per heavy atom. The van der Waals surface area contributed by atoms with Gasteiger partial charge in [-0.15, -0.1) is 11.3 Å². The lowest BCUT2D eigenvalue weighted by Crippen LogP contribution is -2.26. The summed E-state index contributed by atoms with van der Waals surface area (Å²) in [7, 11) is 1.64. The minimum absolute atomic E-state index is 0.0472. The summed E-state index contributed by atoms with van der Waals surface area (Å²) in [5.41, 5.74) is 2.00. The van der Waals surface area contributed by atoms with Crippen LogP contribution in [-0.4, -0.2) is 35.7 Å². The molecule has 0 unspecified atom stereocenters. The second-order valence-electron chi connectivity index (χ2n) is 6.68. The van der Waals surface area contributed by atoms with Crippen molar-refractivity contribution >= 4 is 28.3 Å². The van der Waals surface area contributed by atoms with Crippen molar-refractivity contribution in [3.05, 3.63) is 76.7 Å². The van der Waals surface area contributed by atoms with E-state index in [9.17, 15) is 4.79 Å². The minimum atomic E-state index is -0.0472. The van der Waals surface area contributed by atoms with Gasteiger partial charge in [0.15, 0.2) is 0 Å². The summed E-state index contributed by atoms with van der Waals surface area (Å²) in [4.78, 5) is 17.7. The molecule has 1 amide bonds. The number of ether oxygens (including phenoxy) is 2. The molecule has 0 aliphatic carbocycles. The third-order valence-electron chi connectivity index (χ3n) is 4.74. The molecule has 4 rings (SSSR count). The fourth-order valence-electron chi connectivity index (χ4n) is 3.29. The molecule has 30 heavy (non-hydrogen) atoms. The second kappa shape index (κ2) is 9.45. The van der Waals surface area contributed by atoms with E-state index >= 15 is 0 Å². The van der Waals surface area contributed by atoms with Crippen molar-refractivity contribution in [3.8, 4) is 11.5 Å². The van der Waals surface area contributed by atoms with Crippen molar-refractivity contribution in [1.29, 1.82) is 0 Å². The summed E-state index contributed by atoms with van der Waals surface area (Å²) in [5, 5.41) is 4.87. The number of carbonyl (C=O) groups excluding carboxylic acids is 1. The molecule has 0 spiro atoms. The van der Waals surface area contributed by atoms with E-state index in [4.69, 9.17) is 14.5 Å². The van der Waals surface area contributed by atoms with Crippen molar-refractivity contribution in [2.45, 2.75) is 13.0 Å². The van der Waals surface area contributed by atoms with Gasteiger partial charge in [-0.05, 0) is 35.7 Å². The number of para-hydroxylation sites is 2. The number of hydrogen-bond donors (Lipinski definition) is 1. The van der Waals surface area contributed by atoms with Crippen LogP contribution in [-0.2, 0) is 13.0 Å². The van der Waals surface area contributed by atoms with Crippen LogP contribution in [0, 0.1) is 0 Å². The zero-order valence-electron chi connectivity index (χ0n) is 16.7. The van der Waals surface area contributed by atoms with Crippen LogP contribution < -0.4 is 14.8 Å². The first-order valence-electron chi connectivity index (χ1n) is 9.77.